The fourth-order valence-corrected chi connectivity index (χ4v) is 4.68. The van der Waals surface area contributed by atoms with Gasteiger partial charge >= 0.3 is 0 Å². The van der Waals surface area contributed by atoms with Gasteiger partial charge in [0.25, 0.3) is 5.91 Å². The molecule has 0 saturated carbocycles. The first kappa shape index (κ1) is 20.8. The highest BCUT2D eigenvalue weighted by molar-refractivity contribution is 9.10. The molecular formula is C17H14BrF3N2O4S. The molecule has 3 rings (SSSR count). The maximum Gasteiger partial charge on any atom is 0.258 e. The van der Waals surface area contributed by atoms with E-state index in [9.17, 15) is 31.5 Å². The lowest BCUT2D eigenvalue weighted by molar-refractivity contribution is 0.102. The van der Waals surface area contributed by atoms with Gasteiger partial charge in [0.1, 0.15) is 22.3 Å². The first-order valence-electron chi connectivity index (χ1n) is 8.03. The van der Waals surface area contributed by atoms with Crippen molar-refractivity contribution in [3.8, 4) is 0 Å². The van der Waals surface area contributed by atoms with E-state index in [1.807, 2.05) is 0 Å². The molecule has 0 spiro atoms. The Hall–Kier alpha value is -1.95. The number of benzene rings is 2. The van der Waals surface area contributed by atoms with Gasteiger partial charge in [-0.3, -0.25) is 4.79 Å². The van der Waals surface area contributed by atoms with Crippen LogP contribution in [0, 0.1) is 17.5 Å². The van der Waals surface area contributed by atoms with E-state index in [1.165, 1.54) is 12.1 Å². The number of nitrogens with one attached hydrogen (secondary N) is 1. The second-order valence-corrected chi connectivity index (χ2v) is 8.91. The van der Waals surface area contributed by atoms with Crippen LogP contribution >= 0.6 is 15.9 Å². The van der Waals surface area contributed by atoms with Crippen LogP contribution in [0.2, 0.25) is 0 Å². The Morgan fingerprint density at radius 3 is 2.46 bits per heavy atom. The van der Waals surface area contributed by atoms with E-state index < -0.39 is 49.9 Å². The maximum atomic E-state index is 14.2. The van der Waals surface area contributed by atoms with Gasteiger partial charge in [-0.15, -0.1) is 0 Å². The van der Waals surface area contributed by atoms with E-state index in [4.69, 9.17) is 0 Å². The average molecular weight is 479 g/mol. The minimum Gasteiger partial charge on any atom is -0.392 e. The van der Waals surface area contributed by atoms with Gasteiger partial charge in [0.2, 0.25) is 10.0 Å². The number of aliphatic hydroxyl groups excluding tert-OH is 1. The summed E-state index contributed by atoms with van der Waals surface area (Å²) in [5, 5.41) is 11.8. The highest BCUT2D eigenvalue weighted by Crippen LogP contribution is 2.27. The molecule has 1 saturated heterocycles. The number of halogens is 4. The summed E-state index contributed by atoms with van der Waals surface area (Å²) in [6, 6.07) is 4.45. The summed E-state index contributed by atoms with van der Waals surface area (Å²) < 4.78 is 67.7. The standard InChI is InChI=1S/C17H14BrF3N2O4S/c18-12-5-9(1-2-13(12)19)22-17(25)11-6-16(15(21)7-14(11)20)28(26,27)23-4-3-10(24)8-23/h1-2,5-7,10,24H,3-4,8H2,(H,22,25). The Balaban J connectivity index is 1.94. The van der Waals surface area contributed by atoms with Crippen LogP contribution in [0.1, 0.15) is 16.8 Å². The number of aliphatic hydroxyl groups is 1. The quantitative estimate of drug-likeness (QED) is 0.707. The van der Waals surface area contributed by atoms with Crippen molar-refractivity contribution in [2.45, 2.75) is 17.4 Å². The number of amides is 1. The minimum atomic E-state index is -4.37. The fourth-order valence-electron chi connectivity index (χ4n) is 2.74. The van der Waals surface area contributed by atoms with Crippen molar-refractivity contribution in [3.05, 3.63) is 57.8 Å². The summed E-state index contributed by atoms with van der Waals surface area (Å²) in [7, 11) is -4.37. The topological polar surface area (TPSA) is 86.7 Å². The fraction of sp³-hybridized carbons (Fsp3) is 0.235. The van der Waals surface area contributed by atoms with Crippen molar-refractivity contribution >= 4 is 37.5 Å². The van der Waals surface area contributed by atoms with Gasteiger partial charge in [-0.25, -0.2) is 21.6 Å². The molecular weight excluding hydrogens is 465 g/mol. The molecule has 1 fully saturated rings. The molecule has 0 bridgehead atoms. The molecule has 1 aliphatic rings. The van der Waals surface area contributed by atoms with Crippen molar-refractivity contribution in [1.82, 2.24) is 4.31 Å². The SMILES string of the molecule is O=C(Nc1ccc(F)c(Br)c1)c1cc(S(=O)(=O)N2CCC(O)C2)c(F)cc1F. The van der Waals surface area contributed by atoms with Crippen molar-refractivity contribution in [2.75, 3.05) is 18.4 Å². The maximum absolute atomic E-state index is 14.2. The van der Waals surface area contributed by atoms with Crippen LogP contribution in [-0.2, 0) is 10.0 Å². The van der Waals surface area contributed by atoms with E-state index >= 15 is 0 Å². The third kappa shape index (κ3) is 4.07. The molecule has 2 aromatic rings. The molecule has 1 unspecified atom stereocenters. The zero-order valence-corrected chi connectivity index (χ0v) is 16.5. The van der Waals surface area contributed by atoms with E-state index in [1.54, 1.807) is 0 Å². The molecule has 6 nitrogen and oxygen atoms in total. The molecule has 150 valence electrons. The van der Waals surface area contributed by atoms with Gasteiger partial charge in [0.05, 0.1) is 16.1 Å². The Kier molecular flexibility index (Phi) is 5.80. The number of nitrogens with zero attached hydrogens (tertiary/aromatic N) is 1. The van der Waals surface area contributed by atoms with Crippen LogP contribution in [0.25, 0.3) is 0 Å². The number of β-amino-alcohol motifs (C(OH)–C–C–N with tert-alkyl or cyclic N) is 1. The van der Waals surface area contributed by atoms with Crippen LogP contribution in [0.5, 0.6) is 0 Å². The summed E-state index contributed by atoms with van der Waals surface area (Å²) in [6.07, 6.45) is -0.688. The van der Waals surface area contributed by atoms with Crippen LogP contribution in [0.3, 0.4) is 0 Å². The van der Waals surface area contributed by atoms with E-state index in [0.717, 1.165) is 10.4 Å². The highest BCUT2D eigenvalue weighted by atomic mass is 79.9. The smallest absolute Gasteiger partial charge is 0.258 e. The minimum absolute atomic E-state index is 0.0224. The van der Waals surface area contributed by atoms with Crippen molar-refractivity contribution < 1.29 is 31.5 Å². The van der Waals surface area contributed by atoms with Gasteiger partial charge in [-0.1, -0.05) is 0 Å². The predicted molar refractivity (Wildman–Crippen MR) is 97.8 cm³/mol. The second-order valence-electron chi connectivity index (χ2n) is 6.15. The Morgan fingerprint density at radius 2 is 1.86 bits per heavy atom. The molecule has 11 heteroatoms. The van der Waals surface area contributed by atoms with E-state index in [2.05, 4.69) is 21.2 Å². The normalized spacial score (nSPS) is 17.7. The van der Waals surface area contributed by atoms with Gasteiger partial charge in [-0.05, 0) is 46.6 Å². The van der Waals surface area contributed by atoms with Crippen LogP contribution in [0.15, 0.2) is 39.7 Å². The van der Waals surface area contributed by atoms with Crippen LogP contribution in [0.4, 0.5) is 18.9 Å². The number of carbonyl (C=O) groups is 1. The molecule has 0 aromatic heterocycles. The van der Waals surface area contributed by atoms with Crippen molar-refractivity contribution in [2.24, 2.45) is 0 Å². The third-order valence-electron chi connectivity index (χ3n) is 4.19. The number of rotatable bonds is 4. The molecule has 0 radical (unpaired) electrons. The van der Waals surface area contributed by atoms with E-state index in [-0.39, 0.29) is 29.7 Å². The third-order valence-corrected chi connectivity index (χ3v) is 6.68. The molecule has 2 aromatic carbocycles. The number of sulfonamides is 1. The first-order chi connectivity index (χ1) is 13.1. The molecule has 2 N–H and O–H groups in total. The van der Waals surface area contributed by atoms with Crippen LogP contribution in [-0.4, -0.2) is 42.9 Å². The Bertz CT molecular complexity index is 1050. The molecule has 1 aliphatic heterocycles. The summed E-state index contributed by atoms with van der Waals surface area (Å²) in [6.45, 7) is -0.240. The number of anilines is 1. The Morgan fingerprint density at radius 1 is 1.14 bits per heavy atom. The van der Waals surface area contributed by atoms with Crippen molar-refractivity contribution in [3.63, 3.8) is 0 Å². The molecule has 1 amide bonds. The van der Waals surface area contributed by atoms with Gasteiger partial charge in [0, 0.05) is 24.8 Å². The van der Waals surface area contributed by atoms with Gasteiger partial charge < -0.3 is 10.4 Å². The van der Waals surface area contributed by atoms with Crippen molar-refractivity contribution in [1.29, 1.82) is 0 Å². The molecule has 28 heavy (non-hydrogen) atoms. The van der Waals surface area contributed by atoms with Gasteiger partial charge in [0.15, 0.2) is 0 Å². The summed E-state index contributed by atoms with van der Waals surface area (Å²) in [5.74, 6) is -4.21. The Labute approximate surface area is 167 Å². The average Bonchev–Trinajstić information content (AvgIpc) is 3.05. The molecule has 1 heterocycles. The predicted octanol–water partition coefficient (Wildman–Crippen LogP) is 2.87. The lowest BCUT2D eigenvalue weighted by Gasteiger charge is -2.17. The summed E-state index contributed by atoms with van der Waals surface area (Å²) >= 11 is 2.94. The number of hydrogen-bond donors (Lipinski definition) is 2. The zero-order chi connectivity index (χ0) is 20.6. The zero-order valence-electron chi connectivity index (χ0n) is 14.1. The second kappa shape index (κ2) is 7.82. The first-order valence-corrected chi connectivity index (χ1v) is 10.3. The van der Waals surface area contributed by atoms with Crippen LogP contribution < -0.4 is 5.32 Å². The highest BCUT2D eigenvalue weighted by Gasteiger charge is 2.34. The summed E-state index contributed by atoms with van der Waals surface area (Å²) in [5.41, 5.74) is -0.575. The molecule has 1 atom stereocenters. The lowest BCUT2D eigenvalue weighted by atomic mass is 10.2. The molecule has 0 aliphatic carbocycles. The number of hydrogen-bond acceptors (Lipinski definition) is 4. The number of carbonyl (C=O) groups excluding carboxylic acids is 1. The van der Waals surface area contributed by atoms with E-state index in [0.29, 0.717) is 12.1 Å². The monoisotopic (exact) mass is 478 g/mol. The largest absolute Gasteiger partial charge is 0.392 e. The summed E-state index contributed by atoms with van der Waals surface area (Å²) in [4.78, 5) is 11.5. The van der Waals surface area contributed by atoms with Gasteiger partial charge in [-0.2, -0.15) is 4.31 Å². The lowest BCUT2D eigenvalue weighted by Crippen LogP contribution is -2.30.